The van der Waals surface area contributed by atoms with Gasteiger partial charge >= 0.3 is 5.97 Å². The molecule has 0 aromatic heterocycles. The van der Waals surface area contributed by atoms with Crippen LogP contribution in [0.4, 0.5) is 0 Å². The molecule has 5 nitrogen and oxygen atoms in total. The largest absolute Gasteiger partial charge is 0.478 e. The van der Waals surface area contributed by atoms with Crippen molar-refractivity contribution in [1.29, 1.82) is 0 Å². The van der Waals surface area contributed by atoms with Gasteiger partial charge in [0.05, 0.1) is 11.0 Å². The van der Waals surface area contributed by atoms with Crippen LogP contribution >= 0.6 is 0 Å². The van der Waals surface area contributed by atoms with Crippen LogP contribution in [0.15, 0.2) is 54.6 Å². The number of likely N-dealkylation sites (N-methyl/N-ethyl adjacent to an activating group) is 1. The van der Waals surface area contributed by atoms with E-state index in [0.29, 0.717) is 12.1 Å². The standard InChI is InChI=1S/C24H28N2O3/c1-25-20(15-18-7-3-2-4-8-18)16-24(23(25)29)11-13-26(14-12-24)17-19-9-5-6-10-21(19)22(27)28/h2-10,20H,11-17H2,1H3,(H,27,28). The number of hydrogen-bond donors (Lipinski definition) is 1. The zero-order valence-corrected chi connectivity index (χ0v) is 16.9. The number of carboxylic acid groups (broad SMARTS) is 1. The maximum absolute atomic E-state index is 13.1. The molecule has 152 valence electrons. The van der Waals surface area contributed by atoms with Gasteiger partial charge in [-0.15, -0.1) is 0 Å². The molecule has 2 aromatic carbocycles. The average Bonchev–Trinajstić information content (AvgIpc) is 2.95. The lowest BCUT2D eigenvalue weighted by Crippen LogP contribution is -2.44. The van der Waals surface area contributed by atoms with Crippen molar-refractivity contribution in [2.75, 3.05) is 20.1 Å². The quantitative estimate of drug-likeness (QED) is 0.847. The van der Waals surface area contributed by atoms with Crippen molar-refractivity contribution >= 4 is 11.9 Å². The maximum atomic E-state index is 13.1. The summed E-state index contributed by atoms with van der Waals surface area (Å²) in [6.07, 6.45) is 3.50. The van der Waals surface area contributed by atoms with Crippen LogP contribution in [-0.4, -0.2) is 53.0 Å². The third-order valence-corrected chi connectivity index (χ3v) is 6.72. The summed E-state index contributed by atoms with van der Waals surface area (Å²) in [7, 11) is 1.94. The van der Waals surface area contributed by atoms with E-state index in [-0.39, 0.29) is 17.4 Å². The second-order valence-electron chi connectivity index (χ2n) is 8.48. The van der Waals surface area contributed by atoms with Crippen LogP contribution in [0.25, 0.3) is 0 Å². The first kappa shape index (κ1) is 19.6. The summed E-state index contributed by atoms with van der Waals surface area (Å²) >= 11 is 0. The summed E-state index contributed by atoms with van der Waals surface area (Å²) in [5, 5.41) is 9.41. The number of benzene rings is 2. The number of carbonyl (C=O) groups is 2. The molecule has 2 aliphatic heterocycles. The first-order valence-electron chi connectivity index (χ1n) is 10.3. The van der Waals surface area contributed by atoms with E-state index in [1.165, 1.54) is 5.56 Å². The fraction of sp³-hybridized carbons (Fsp3) is 0.417. The third kappa shape index (κ3) is 3.92. The summed E-state index contributed by atoms with van der Waals surface area (Å²) in [5.41, 5.74) is 2.23. The monoisotopic (exact) mass is 392 g/mol. The summed E-state index contributed by atoms with van der Waals surface area (Å²) in [5.74, 6) is -0.602. The second kappa shape index (κ2) is 7.99. The fourth-order valence-electron chi connectivity index (χ4n) is 4.98. The molecule has 1 spiro atoms. The summed E-state index contributed by atoms with van der Waals surface area (Å²) < 4.78 is 0. The number of likely N-dealkylation sites (tertiary alicyclic amines) is 2. The Labute approximate surface area is 171 Å². The summed E-state index contributed by atoms with van der Waals surface area (Å²) in [6, 6.07) is 17.8. The minimum absolute atomic E-state index is 0.253. The number of nitrogens with zero attached hydrogens (tertiary/aromatic N) is 2. The van der Waals surface area contributed by atoms with Crippen LogP contribution in [-0.2, 0) is 17.8 Å². The van der Waals surface area contributed by atoms with Gasteiger partial charge in [0.25, 0.3) is 0 Å². The van der Waals surface area contributed by atoms with Crippen molar-refractivity contribution in [3.8, 4) is 0 Å². The third-order valence-electron chi connectivity index (χ3n) is 6.72. The van der Waals surface area contributed by atoms with Crippen molar-refractivity contribution in [1.82, 2.24) is 9.80 Å². The average molecular weight is 392 g/mol. The molecule has 2 aliphatic rings. The maximum Gasteiger partial charge on any atom is 0.336 e. The first-order chi connectivity index (χ1) is 14.0. The van der Waals surface area contributed by atoms with E-state index < -0.39 is 5.97 Å². The predicted molar refractivity (Wildman–Crippen MR) is 112 cm³/mol. The molecule has 0 bridgehead atoms. The van der Waals surface area contributed by atoms with E-state index in [9.17, 15) is 14.7 Å². The van der Waals surface area contributed by atoms with E-state index in [1.54, 1.807) is 12.1 Å². The topological polar surface area (TPSA) is 60.9 Å². The van der Waals surface area contributed by atoms with Gasteiger partial charge in [-0.2, -0.15) is 0 Å². The molecular weight excluding hydrogens is 364 g/mol. The van der Waals surface area contributed by atoms with Gasteiger partial charge in [0.2, 0.25) is 5.91 Å². The Morgan fingerprint density at radius 3 is 2.41 bits per heavy atom. The molecule has 0 saturated carbocycles. The van der Waals surface area contributed by atoms with Gasteiger partial charge in [-0.1, -0.05) is 48.5 Å². The minimum atomic E-state index is -0.884. The Balaban J connectivity index is 1.41. The minimum Gasteiger partial charge on any atom is -0.478 e. The molecular formula is C24H28N2O3. The fourth-order valence-corrected chi connectivity index (χ4v) is 4.98. The number of rotatable bonds is 5. The lowest BCUT2D eigenvalue weighted by molar-refractivity contribution is -0.137. The molecule has 0 radical (unpaired) electrons. The van der Waals surface area contributed by atoms with Crippen molar-refractivity contribution in [3.63, 3.8) is 0 Å². The van der Waals surface area contributed by atoms with Gasteiger partial charge in [0, 0.05) is 19.6 Å². The summed E-state index contributed by atoms with van der Waals surface area (Å²) in [6.45, 7) is 2.27. The van der Waals surface area contributed by atoms with E-state index in [2.05, 4.69) is 29.2 Å². The van der Waals surface area contributed by atoms with Crippen molar-refractivity contribution < 1.29 is 14.7 Å². The number of amides is 1. The number of piperidine rings is 1. The van der Waals surface area contributed by atoms with Gasteiger partial charge < -0.3 is 10.0 Å². The first-order valence-corrected chi connectivity index (χ1v) is 10.3. The zero-order valence-electron chi connectivity index (χ0n) is 16.9. The van der Waals surface area contributed by atoms with E-state index in [1.807, 2.05) is 30.1 Å². The molecule has 2 heterocycles. The van der Waals surface area contributed by atoms with E-state index in [4.69, 9.17) is 0 Å². The number of aromatic carboxylic acids is 1. The van der Waals surface area contributed by atoms with Gasteiger partial charge in [0.15, 0.2) is 0 Å². The SMILES string of the molecule is CN1C(=O)C2(CCN(Cc3ccccc3C(=O)O)CC2)CC1Cc1ccccc1. The van der Waals surface area contributed by atoms with Crippen molar-refractivity contribution in [3.05, 3.63) is 71.3 Å². The molecule has 2 saturated heterocycles. The lowest BCUT2D eigenvalue weighted by atomic mass is 9.75. The Kier molecular flexibility index (Phi) is 5.41. The van der Waals surface area contributed by atoms with Crippen LogP contribution < -0.4 is 0 Å². The number of carbonyl (C=O) groups excluding carboxylic acids is 1. The molecule has 2 fully saturated rings. The normalized spacial score (nSPS) is 21.6. The molecule has 2 aromatic rings. The highest BCUT2D eigenvalue weighted by molar-refractivity contribution is 5.89. The molecule has 1 atom stereocenters. The number of carboxylic acids is 1. The van der Waals surface area contributed by atoms with E-state index >= 15 is 0 Å². The van der Waals surface area contributed by atoms with Crippen LogP contribution in [0, 0.1) is 5.41 Å². The highest BCUT2D eigenvalue weighted by Gasteiger charge is 2.51. The molecule has 29 heavy (non-hydrogen) atoms. The van der Waals surface area contributed by atoms with Gasteiger partial charge in [0.1, 0.15) is 0 Å². The zero-order chi connectivity index (χ0) is 20.4. The Morgan fingerprint density at radius 1 is 1.07 bits per heavy atom. The van der Waals surface area contributed by atoms with Gasteiger partial charge in [-0.25, -0.2) is 4.79 Å². The Morgan fingerprint density at radius 2 is 1.72 bits per heavy atom. The Bertz CT molecular complexity index is 888. The molecule has 0 aliphatic carbocycles. The molecule has 1 N–H and O–H groups in total. The molecule has 4 rings (SSSR count). The summed E-state index contributed by atoms with van der Waals surface area (Å²) in [4.78, 5) is 28.8. The molecule has 1 unspecified atom stereocenters. The predicted octanol–water partition coefficient (Wildman–Crippen LogP) is 3.44. The van der Waals surface area contributed by atoms with Gasteiger partial charge in [-0.05, 0) is 56.0 Å². The smallest absolute Gasteiger partial charge is 0.336 e. The van der Waals surface area contributed by atoms with Crippen LogP contribution in [0.3, 0.4) is 0 Å². The highest BCUT2D eigenvalue weighted by Crippen LogP contribution is 2.44. The van der Waals surface area contributed by atoms with Gasteiger partial charge in [-0.3, -0.25) is 9.69 Å². The van der Waals surface area contributed by atoms with Crippen molar-refractivity contribution in [2.45, 2.75) is 38.3 Å². The van der Waals surface area contributed by atoms with Crippen LogP contribution in [0.1, 0.15) is 40.7 Å². The molecule has 5 heteroatoms. The van der Waals surface area contributed by atoms with Crippen LogP contribution in [0.5, 0.6) is 0 Å². The van der Waals surface area contributed by atoms with Crippen LogP contribution in [0.2, 0.25) is 0 Å². The molecule has 1 amide bonds. The highest BCUT2D eigenvalue weighted by atomic mass is 16.4. The lowest BCUT2D eigenvalue weighted by Gasteiger charge is -2.38. The Hall–Kier alpha value is -2.66. The van der Waals surface area contributed by atoms with E-state index in [0.717, 1.165) is 44.3 Å². The number of hydrogen-bond acceptors (Lipinski definition) is 3. The van der Waals surface area contributed by atoms with Crippen molar-refractivity contribution in [2.24, 2.45) is 5.41 Å². The second-order valence-corrected chi connectivity index (χ2v) is 8.48.